The Balaban J connectivity index is 2.65. The quantitative estimate of drug-likeness (QED) is 0.684. The van der Waals surface area contributed by atoms with Crippen LogP contribution in [0.3, 0.4) is 0 Å². The molecule has 0 unspecified atom stereocenters. The summed E-state index contributed by atoms with van der Waals surface area (Å²) in [5.74, 6) is -0.851. The lowest BCUT2D eigenvalue weighted by atomic mass is 10.3. The standard InChI is InChI=1S/C11H7Cl3N2O2/c12-11(13,14)10-15-7(4-5-9(17)18)8-3-1-2-6-16(8)10/h1-6H,(H,17,18)/b5-4+. The molecule has 94 valence electrons. The largest absolute Gasteiger partial charge is 0.478 e. The van der Waals surface area contributed by atoms with E-state index in [1.165, 1.54) is 6.08 Å². The minimum absolute atomic E-state index is 0.216. The Labute approximate surface area is 117 Å². The summed E-state index contributed by atoms with van der Waals surface area (Å²) in [5, 5.41) is 8.61. The number of aliphatic carboxylic acids is 1. The van der Waals surface area contributed by atoms with Crippen molar-refractivity contribution in [2.24, 2.45) is 0 Å². The molecule has 2 aromatic heterocycles. The van der Waals surface area contributed by atoms with Gasteiger partial charge in [0.2, 0.25) is 3.79 Å². The monoisotopic (exact) mass is 304 g/mol. The molecule has 2 aromatic rings. The second kappa shape index (κ2) is 4.80. The molecular weight excluding hydrogens is 298 g/mol. The van der Waals surface area contributed by atoms with E-state index in [0.717, 1.165) is 6.08 Å². The number of carboxylic acids is 1. The molecule has 0 saturated carbocycles. The van der Waals surface area contributed by atoms with E-state index in [-0.39, 0.29) is 5.82 Å². The molecular formula is C11H7Cl3N2O2. The number of carbonyl (C=O) groups is 1. The third-order valence-corrected chi connectivity index (χ3v) is 2.72. The third kappa shape index (κ3) is 2.61. The second-order valence-corrected chi connectivity index (χ2v) is 5.73. The van der Waals surface area contributed by atoms with Crippen LogP contribution in [0.1, 0.15) is 11.5 Å². The minimum atomic E-state index is -1.68. The molecule has 0 amide bonds. The molecule has 0 bridgehead atoms. The molecule has 7 heteroatoms. The first-order valence-corrected chi connectivity index (χ1v) is 5.98. The smallest absolute Gasteiger partial charge is 0.328 e. The molecule has 0 aliphatic rings. The number of fused-ring (bicyclic) bond motifs is 1. The Hall–Kier alpha value is -1.23. The zero-order valence-electron chi connectivity index (χ0n) is 8.85. The molecule has 2 rings (SSSR count). The maximum atomic E-state index is 10.5. The van der Waals surface area contributed by atoms with Crippen LogP contribution in [-0.2, 0) is 8.59 Å². The number of rotatable bonds is 2. The summed E-state index contributed by atoms with van der Waals surface area (Å²) in [7, 11) is 0. The summed E-state index contributed by atoms with van der Waals surface area (Å²) in [6.45, 7) is 0. The topological polar surface area (TPSA) is 54.6 Å². The average molecular weight is 306 g/mol. The summed E-state index contributed by atoms with van der Waals surface area (Å²) in [5.41, 5.74) is 1.09. The highest BCUT2D eigenvalue weighted by Gasteiger charge is 2.29. The fraction of sp³-hybridized carbons (Fsp3) is 0.0909. The van der Waals surface area contributed by atoms with Crippen molar-refractivity contribution in [1.29, 1.82) is 0 Å². The van der Waals surface area contributed by atoms with Gasteiger partial charge in [0.1, 0.15) is 0 Å². The Kier molecular flexibility index (Phi) is 3.52. The van der Waals surface area contributed by atoms with Crippen LogP contribution in [-0.4, -0.2) is 20.5 Å². The number of hydrogen-bond acceptors (Lipinski definition) is 2. The number of imidazole rings is 1. The Morgan fingerprint density at radius 3 is 2.72 bits per heavy atom. The Bertz CT molecular complexity index is 629. The highest BCUT2D eigenvalue weighted by atomic mass is 35.6. The normalized spacial score (nSPS) is 12.4. The van der Waals surface area contributed by atoms with Crippen LogP contribution in [0.15, 0.2) is 30.5 Å². The second-order valence-electron chi connectivity index (χ2n) is 3.45. The number of carboxylic acid groups (broad SMARTS) is 1. The maximum absolute atomic E-state index is 10.5. The molecule has 1 N–H and O–H groups in total. The summed E-state index contributed by atoms with van der Waals surface area (Å²) in [4.78, 5) is 14.7. The van der Waals surface area contributed by atoms with Crippen molar-refractivity contribution in [1.82, 2.24) is 9.38 Å². The van der Waals surface area contributed by atoms with Crippen molar-refractivity contribution in [3.63, 3.8) is 0 Å². The molecule has 0 aromatic carbocycles. The van der Waals surface area contributed by atoms with Crippen molar-refractivity contribution in [2.45, 2.75) is 3.79 Å². The fourth-order valence-electron chi connectivity index (χ4n) is 1.53. The average Bonchev–Trinajstić information content (AvgIpc) is 2.65. The minimum Gasteiger partial charge on any atom is -0.478 e. The van der Waals surface area contributed by atoms with Gasteiger partial charge in [-0.2, -0.15) is 0 Å². The van der Waals surface area contributed by atoms with Crippen molar-refractivity contribution in [3.05, 3.63) is 42.0 Å². The van der Waals surface area contributed by atoms with E-state index in [2.05, 4.69) is 4.98 Å². The lowest BCUT2D eigenvalue weighted by Crippen LogP contribution is -2.06. The molecule has 18 heavy (non-hydrogen) atoms. The summed E-state index contributed by atoms with van der Waals surface area (Å²) in [6, 6.07) is 5.31. The SMILES string of the molecule is O=C(O)/C=C/c1nc(C(Cl)(Cl)Cl)n2ccccc12. The summed E-state index contributed by atoms with van der Waals surface area (Å²) in [6.07, 6.45) is 4.03. The fourth-order valence-corrected chi connectivity index (χ4v) is 1.93. The molecule has 0 aliphatic carbocycles. The first-order valence-electron chi connectivity index (χ1n) is 4.85. The van der Waals surface area contributed by atoms with Gasteiger partial charge in [-0.15, -0.1) is 0 Å². The molecule has 0 atom stereocenters. The van der Waals surface area contributed by atoms with E-state index in [1.807, 2.05) is 0 Å². The number of alkyl halides is 3. The van der Waals surface area contributed by atoms with Gasteiger partial charge in [0, 0.05) is 12.3 Å². The highest BCUT2D eigenvalue weighted by Crippen LogP contribution is 2.38. The molecule has 0 fully saturated rings. The lowest BCUT2D eigenvalue weighted by Gasteiger charge is -2.08. The van der Waals surface area contributed by atoms with Crippen molar-refractivity contribution in [3.8, 4) is 0 Å². The first-order chi connectivity index (χ1) is 8.39. The van der Waals surface area contributed by atoms with Crippen LogP contribution in [0.25, 0.3) is 11.6 Å². The van der Waals surface area contributed by atoms with E-state index < -0.39 is 9.76 Å². The van der Waals surface area contributed by atoms with Gasteiger partial charge in [0.25, 0.3) is 0 Å². The van der Waals surface area contributed by atoms with Crippen LogP contribution in [0, 0.1) is 0 Å². The molecule has 2 heterocycles. The van der Waals surface area contributed by atoms with Crippen molar-refractivity contribution in [2.75, 3.05) is 0 Å². The van der Waals surface area contributed by atoms with Crippen LogP contribution >= 0.6 is 34.8 Å². The summed E-state index contributed by atoms with van der Waals surface area (Å²) >= 11 is 17.5. The third-order valence-electron chi connectivity index (χ3n) is 2.21. The highest BCUT2D eigenvalue weighted by molar-refractivity contribution is 6.66. The van der Waals surface area contributed by atoms with Gasteiger partial charge in [-0.05, 0) is 18.2 Å². The van der Waals surface area contributed by atoms with Gasteiger partial charge in [0.15, 0.2) is 5.82 Å². The van der Waals surface area contributed by atoms with Crippen molar-refractivity contribution >= 4 is 52.4 Å². The number of halogens is 3. The van der Waals surface area contributed by atoms with E-state index >= 15 is 0 Å². The predicted octanol–water partition coefficient (Wildman–Crippen LogP) is 3.26. The first kappa shape index (κ1) is 13.2. The van der Waals surface area contributed by atoms with E-state index in [1.54, 1.807) is 28.8 Å². The molecule has 0 aliphatic heterocycles. The molecule has 0 spiro atoms. The number of nitrogens with zero attached hydrogens (tertiary/aromatic N) is 2. The van der Waals surface area contributed by atoms with Gasteiger partial charge in [0.05, 0.1) is 11.2 Å². The van der Waals surface area contributed by atoms with E-state index in [9.17, 15) is 4.79 Å². The number of aromatic nitrogens is 2. The molecule has 0 radical (unpaired) electrons. The van der Waals surface area contributed by atoms with Crippen LogP contribution in [0.4, 0.5) is 0 Å². The van der Waals surface area contributed by atoms with Gasteiger partial charge in [-0.3, -0.25) is 4.40 Å². The van der Waals surface area contributed by atoms with Crippen LogP contribution < -0.4 is 0 Å². The van der Waals surface area contributed by atoms with Gasteiger partial charge < -0.3 is 5.11 Å². The maximum Gasteiger partial charge on any atom is 0.328 e. The van der Waals surface area contributed by atoms with Gasteiger partial charge >= 0.3 is 5.97 Å². The Morgan fingerprint density at radius 2 is 2.11 bits per heavy atom. The summed E-state index contributed by atoms with van der Waals surface area (Å²) < 4.78 is -0.0753. The zero-order valence-corrected chi connectivity index (χ0v) is 11.1. The molecule has 4 nitrogen and oxygen atoms in total. The van der Waals surface area contributed by atoms with E-state index in [4.69, 9.17) is 39.9 Å². The van der Waals surface area contributed by atoms with Crippen LogP contribution in [0.5, 0.6) is 0 Å². The lowest BCUT2D eigenvalue weighted by molar-refractivity contribution is -0.131. The zero-order chi connectivity index (χ0) is 13.3. The Morgan fingerprint density at radius 1 is 1.39 bits per heavy atom. The van der Waals surface area contributed by atoms with Crippen LogP contribution in [0.2, 0.25) is 0 Å². The molecule has 0 saturated heterocycles. The van der Waals surface area contributed by atoms with Crippen molar-refractivity contribution < 1.29 is 9.90 Å². The number of hydrogen-bond donors (Lipinski definition) is 1. The van der Waals surface area contributed by atoms with Gasteiger partial charge in [-0.1, -0.05) is 40.9 Å². The number of pyridine rings is 1. The van der Waals surface area contributed by atoms with E-state index in [0.29, 0.717) is 11.2 Å². The predicted molar refractivity (Wildman–Crippen MR) is 71.1 cm³/mol. The van der Waals surface area contributed by atoms with Gasteiger partial charge in [-0.25, -0.2) is 9.78 Å².